The summed E-state index contributed by atoms with van der Waals surface area (Å²) in [7, 11) is 0. The Labute approximate surface area is 119 Å². The van der Waals surface area contributed by atoms with Crippen LogP contribution in [0.2, 0.25) is 0 Å². The molecule has 1 aromatic heterocycles. The van der Waals surface area contributed by atoms with E-state index >= 15 is 0 Å². The summed E-state index contributed by atoms with van der Waals surface area (Å²) in [6.45, 7) is 1.95. The number of esters is 1. The minimum absolute atomic E-state index is 0.0495. The van der Waals surface area contributed by atoms with Crippen molar-refractivity contribution in [1.29, 1.82) is 0 Å². The zero-order valence-corrected chi connectivity index (χ0v) is 12.6. The largest absolute Gasteiger partial charge is 0.466 e. The highest BCUT2D eigenvalue weighted by Crippen LogP contribution is 2.28. The van der Waals surface area contributed by atoms with E-state index in [-0.39, 0.29) is 23.2 Å². The average Bonchev–Trinajstić information content (AvgIpc) is 2.21. The molecule has 0 aliphatic heterocycles. The van der Waals surface area contributed by atoms with E-state index in [9.17, 15) is 13.6 Å². The third-order valence-corrected chi connectivity index (χ3v) is 3.47. The first-order chi connectivity index (χ1) is 7.95. The maximum atomic E-state index is 12.6. The van der Waals surface area contributed by atoms with Gasteiger partial charge in [0.2, 0.25) is 0 Å². The summed E-state index contributed by atoms with van der Waals surface area (Å²) in [6.07, 6.45) is -2.68. The lowest BCUT2D eigenvalue weighted by Crippen LogP contribution is -2.10. The molecule has 0 N–H and O–H groups in total. The lowest BCUT2D eigenvalue weighted by atomic mass is 10.1. The van der Waals surface area contributed by atoms with E-state index in [1.54, 1.807) is 6.92 Å². The Balaban J connectivity index is 2.99. The number of nitrogens with zero attached hydrogens (tertiary/aromatic N) is 1. The van der Waals surface area contributed by atoms with Crippen LogP contribution in [0.5, 0.6) is 0 Å². The molecule has 0 fully saturated rings. The van der Waals surface area contributed by atoms with Crippen LogP contribution < -0.4 is 0 Å². The minimum atomic E-state index is -2.63. The first-order valence-corrected chi connectivity index (χ1v) is 6.61. The van der Waals surface area contributed by atoms with Crippen LogP contribution >= 0.6 is 38.5 Å². The van der Waals surface area contributed by atoms with Crippen molar-refractivity contribution in [2.45, 2.75) is 19.8 Å². The van der Waals surface area contributed by atoms with E-state index in [1.807, 2.05) is 22.6 Å². The standard InChI is InChI=1S/C10H9BrF2INO2/c1-2-17-7(16)4-5-3-6(9(12)13)8(11)15-10(5)14/h3,9H,2,4H2,1H3. The average molecular weight is 420 g/mol. The number of rotatable bonds is 4. The molecular weight excluding hydrogens is 411 g/mol. The lowest BCUT2D eigenvalue weighted by molar-refractivity contribution is -0.142. The van der Waals surface area contributed by atoms with Crippen LogP contribution in [-0.2, 0) is 16.0 Å². The van der Waals surface area contributed by atoms with Crippen molar-refractivity contribution in [2.24, 2.45) is 0 Å². The van der Waals surface area contributed by atoms with Gasteiger partial charge in [0.1, 0.15) is 8.30 Å². The molecule has 1 rings (SSSR count). The lowest BCUT2D eigenvalue weighted by Gasteiger charge is -2.08. The van der Waals surface area contributed by atoms with Crippen LogP contribution in [0.1, 0.15) is 24.5 Å². The van der Waals surface area contributed by atoms with Gasteiger partial charge >= 0.3 is 5.97 Å². The Morgan fingerprint density at radius 2 is 2.29 bits per heavy atom. The molecule has 7 heteroatoms. The highest BCUT2D eigenvalue weighted by Gasteiger charge is 2.17. The molecule has 3 nitrogen and oxygen atoms in total. The van der Waals surface area contributed by atoms with E-state index in [2.05, 4.69) is 20.9 Å². The van der Waals surface area contributed by atoms with Gasteiger partial charge in [-0.2, -0.15) is 0 Å². The molecular formula is C10H9BrF2INO2. The summed E-state index contributed by atoms with van der Waals surface area (Å²) < 4.78 is 30.6. The highest BCUT2D eigenvalue weighted by atomic mass is 127. The number of carbonyl (C=O) groups is 1. The summed E-state index contributed by atoms with van der Waals surface area (Å²) in [5.74, 6) is -0.449. The van der Waals surface area contributed by atoms with Gasteiger partial charge in [-0.1, -0.05) is 0 Å². The second kappa shape index (κ2) is 6.58. The summed E-state index contributed by atoms with van der Waals surface area (Å²) >= 11 is 4.86. The number of carbonyl (C=O) groups excluding carboxylic acids is 1. The molecule has 0 amide bonds. The first kappa shape index (κ1) is 14.7. The third kappa shape index (κ3) is 4.13. The molecule has 0 aliphatic rings. The summed E-state index contributed by atoms with van der Waals surface area (Å²) in [6, 6.07) is 1.28. The second-order valence-electron chi connectivity index (χ2n) is 3.10. The van der Waals surface area contributed by atoms with Crippen molar-refractivity contribution in [3.63, 3.8) is 0 Å². The van der Waals surface area contributed by atoms with Gasteiger partial charge < -0.3 is 4.74 Å². The fourth-order valence-electron chi connectivity index (χ4n) is 1.17. The molecule has 0 atom stereocenters. The topological polar surface area (TPSA) is 39.2 Å². The van der Waals surface area contributed by atoms with Gasteiger partial charge in [-0.05, 0) is 57.1 Å². The maximum absolute atomic E-state index is 12.6. The van der Waals surface area contributed by atoms with Crippen molar-refractivity contribution >= 4 is 44.5 Å². The Bertz CT molecular complexity index is 429. The molecule has 0 aliphatic carbocycles. The van der Waals surface area contributed by atoms with E-state index < -0.39 is 12.4 Å². The molecule has 0 saturated carbocycles. The van der Waals surface area contributed by atoms with Crippen molar-refractivity contribution < 1.29 is 18.3 Å². The van der Waals surface area contributed by atoms with Crippen molar-refractivity contribution in [3.8, 4) is 0 Å². The van der Waals surface area contributed by atoms with Crippen molar-refractivity contribution in [3.05, 3.63) is 25.5 Å². The van der Waals surface area contributed by atoms with Gasteiger partial charge in [0, 0.05) is 0 Å². The molecule has 0 saturated heterocycles. The normalized spacial score (nSPS) is 10.7. The van der Waals surface area contributed by atoms with Gasteiger partial charge in [-0.3, -0.25) is 4.79 Å². The van der Waals surface area contributed by atoms with Gasteiger partial charge in [0.05, 0.1) is 18.6 Å². The molecule has 1 heterocycles. The number of alkyl halides is 2. The van der Waals surface area contributed by atoms with Crippen molar-refractivity contribution in [2.75, 3.05) is 6.61 Å². The van der Waals surface area contributed by atoms with E-state index in [1.165, 1.54) is 6.07 Å². The smallest absolute Gasteiger partial charge is 0.310 e. The summed E-state index contributed by atoms with van der Waals surface area (Å²) in [5.41, 5.74) is 0.229. The number of pyridine rings is 1. The fraction of sp³-hybridized carbons (Fsp3) is 0.400. The van der Waals surface area contributed by atoms with Crippen LogP contribution in [0.15, 0.2) is 10.7 Å². The highest BCUT2D eigenvalue weighted by molar-refractivity contribution is 14.1. The van der Waals surface area contributed by atoms with Crippen LogP contribution in [0, 0.1) is 3.70 Å². The quantitative estimate of drug-likeness (QED) is 0.426. The van der Waals surface area contributed by atoms with E-state index in [0.29, 0.717) is 9.26 Å². The molecule has 0 radical (unpaired) electrons. The van der Waals surface area contributed by atoms with Crippen LogP contribution in [0.25, 0.3) is 0 Å². The summed E-state index contributed by atoms with van der Waals surface area (Å²) in [4.78, 5) is 15.2. The van der Waals surface area contributed by atoms with Crippen LogP contribution in [0.3, 0.4) is 0 Å². The molecule has 17 heavy (non-hydrogen) atoms. The number of hydrogen-bond donors (Lipinski definition) is 0. The summed E-state index contributed by atoms with van der Waals surface area (Å²) in [5, 5.41) is 0. The zero-order valence-electron chi connectivity index (χ0n) is 8.84. The van der Waals surface area contributed by atoms with Gasteiger partial charge in [-0.15, -0.1) is 0 Å². The molecule has 0 spiro atoms. The Kier molecular flexibility index (Phi) is 5.71. The van der Waals surface area contributed by atoms with Gasteiger partial charge in [0.25, 0.3) is 6.43 Å². The SMILES string of the molecule is CCOC(=O)Cc1cc(C(F)F)c(Br)nc1I. The predicted octanol–water partition coefficient (Wildman–Crippen LogP) is 3.49. The molecule has 0 aromatic carbocycles. The number of halogens is 4. The van der Waals surface area contributed by atoms with Crippen LogP contribution in [0.4, 0.5) is 8.78 Å². The van der Waals surface area contributed by atoms with E-state index in [4.69, 9.17) is 4.74 Å². The Hall–Kier alpha value is -0.310. The molecule has 94 valence electrons. The number of ether oxygens (including phenoxy) is 1. The van der Waals surface area contributed by atoms with E-state index in [0.717, 1.165) is 0 Å². The zero-order chi connectivity index (χ0) is 13.0. The molecule has 1 aromatic rings. The van der Waals surface area contributed by atoms with Crippen molar-refractivity contribution in [1.82, 2.24) is 4.98 Å². The fourth-order valence-corrected chi connectivity index (χ4v) is 2.56. The third-order valence-electron chi connectivity index (χ3n) is 1.90. The minimum Gasteiger partial charge on any atom is -0.466 e. The molecule has 0 unspecified atom stereocenters. The monoisotopic (exact) mass is 419 g/mol. The second-order valence-corrected chi connectivity index (χ2v) is 4.87. The first-order valence-electron chi connectivity index (χ1n) is 4.74. The van der Waals surface area contributed by atoms with Crippen LogP contribution in [-0.4, -0.2) is 17.6 Å². The van der Waals surface area contributed by atoms with Gasteiger partial charge in [0.15, 0.2) is 0 Å². The van der Waals surface area contributed by atoms with Gasteiger partial charge in [-0.25, -0.2) is 13.8 Å². The maximum Gasteiger partial charge on any atom is 0.310 e. The Morgan fingerprint density at radius 1 is 1.65 bits per heavy atom. The predicted molar refractivity (Wildman–Crippen MR) is 69.9 cm³/mol. The number of hydrogen-bond acceptors (Lipinski definition) is 3. The Morgan fingerprint density at radius 3 is 2.82 bits per heavy atom. The number of aromatic nitrogens is 1. The molecule has 0 bridgehead atoms.